The normalized spacial score (nSPS) is 21.1. The number of nitrogens with zero attached hydrogens (tertiary/aromatic N) is 2. The summed E-state index contributed by atoms with van der Waals surface area (Å²) in [7, 11) is 7.17. The minimum Gasteiger partial charge on any atom is -0.479 e. The van der Waals surface area contributed by atoms with Gasteiger partial charge in [-0.2, -0.15) is 0 Å². The number of pyridine rings is 1. The zero-order valence-corrected chi connectivity index (χ0v) is 12.8. The maximum Gasteiger partial charge on any atom is 0.239 e. The summed E-state index contributed by atoms with van der Waals surface area (Å²) in [6, 6.07) is 1.86. The van der Waals surface area contributed by atoms with Gasteiger partial charge in [0.15, 0.2) is 0 Å². The number of hydrogen-bond donors (Lipinski definition) is 2. The van der Waals surface area contributed by atoms with E-state index in [1.807, 2.05) is 32.1 Å². The summed E-state index contributed by atoms with van der Waals surface area (Å²) in [6.07, 6.45) is 1.65. The maximum atomic E-state index is 12.5. The molecule has 2 heterocycles. The van der Waals surface area contributed by atoms with E-state index < -0.39 is 0 Å². The first kappa shape index (κ1) is 15.5. The molecule has 2 rings (SSSR count). The van der Waals surface area contributed by atoms with Crippen LogP contribution in [0.1, 0.15) is 0 Å². The van der Waals surface area contributed by atoms with Crippen LogP contribution in [0.3, 0.4) is 0 Å². The first-order chi connectivity index (χ1) is 10.1. The lowest BCUT2D eigenvalue weighted by atomic mass is 10.0. The Balaban J connectivity index is 2.24. The number of amides is 1. The van der Waals surface area contributed by atoms with Crippen molar-refractivity contribution in [3.05, 3.63) is 12.3 Å². The molecule has 7 nitrogen and oxygen atoms in total. The van der Waals surface area contributed by atoms with Gasteiger partial charge in [-0.15, -0.1) is 0 Å². The van der Waals surface area contributed by atoms with Crippen LogP contribution in [-0.4, -0.2) is 58.4 Å². The molecule has 7 heteroatoms. The van der Waals surface area contributed by atoms with Gasteiger partial charge in [-0.3, -0.25) is 4.79 Å². The lowest BCUT2D eigenvalue weighted by molar-refractivity contribution is -0.120. The summed E-state index contributed by atoms with van der Waals surface area (Å²) in [4.78, 5) is 18.5. The Morgan fingerprint density at radius 2 is 2.24 bits per heavy atom. The van der Waals surface area contributed by atoms with Crippen molar-refractivity contribution >= 4 is 17.3 Å². The molecule has 1 aromatic rings. The highest BCUT2D eigenvalue weighted by Crippen LogP contribution is 2.32. The molecule has 1 aliphatic heterocycles. The van der Waals surface area contributed by atoms with Crippen molar-refractivity contribution in [2.45, 2.75) is 6.04 Å². The maximum absolute atomic E-state index is 12.5. The second kappa shape index (κ2) is 6.73. The van der Waals surface area contributed by atoms with Crippen LogP contribution in [0.15, 0.2) is 12.3 Å². The predicted molar refractivity (Wildman–Crippen MR) is 80.9 cm³/mol. The van der Waals surface area contributed by atoms with E-state index in [4.69, 9.17) is 9.47 Å². The van der Waals surface area contributed by atoms with Crippen molar-refractivity contribution in [2.75, 3.05) is 51.7 Å². The monoisotopic (exact) mass is 294 g/mol. The summed E-state index contributed by atoms with van der Waals surface area (Å²) in [6.45, 7) is 0.955. The van der Waals surface area contributed by atoms with Crippen LogP contribution in [-0.2, 0) is 9.53 Å². The van der Waals surface area contributed by atoms with Gasteiger partial charge >= 0.3 is 0 Å². The van der Waals surface area contributed by atoms with Crippen LogP contribution in [0.5, 0.6) is 5.88 Å². The summed E-state index contributed by atoms with van der Waals surface area (Å²) in [5.41, 5.74) is 1.42. The van der Waals surface area contributed by atoms with Gasteiger partial charge in [-0.05, 0) is 13.1 Å². The third kappa shape index (κ3) is 3.25. The number of methoxy groups -OCH3 is 1. The number of aromatic nitrogens is 1. The fourth-order valence-corrected chi connectivity index (χ4v) is 2.39. The van der Waals surface area contributed by atoms with Gasteiger partial charge in [0.2, 0.25) is 11.8 Å². The van der Waals surface area contributed by atoms with Gasteiger partial charge < -0.3 is 25.0 Å². The van der Waals surface area contributed by atoms with Crippen molar-refractivity contribution in [1.29, 1.82) is 0 Å². The van der Waals surface area contributed by atoms with Crippen LogP contribution in [0.2, 0.25) is 0 Å². The van der Waals surface area contributed by atoms with Gasteiger partial charge in [-0.25, -0.2) is 4.98 Å². The molecule has 21 heavy (non-hydrogen) atoms. The Morgan fingerprint density at radius 1 is 1.48 bits per heavy atom. The summed E-state index contributed by atoms with van der Waals surface area (Å²) >= 11 is 0. The molecule has 0 aliphatic carbocycles. The lowest BCUT2D eigenvalue weighted by Crippen LogP contribution is -2.39. The second-order valence-corrected chi connectivity index (χ2v) is 5.14. The summed E-state index contributed by atoms with van der Waals surface area (Å²) < 4.78 is 10.6. The molecular formula is C14H22N4O3. The number of carbonyl (C=O) groups is 1. The topological polar surface area (TPSA) is 75.7 Å². The van der Waals surface area contributed by atoms with Crippen LogP contribution in [0.25, 0.3) is 0 Å². The minimum absolute atomic E-state index is 0.0236. The van der Waals surface area contributed by atoms with Crippen LogP contribution < -0.4 is 20.3 Å². The highest BCUT2D eigenvalue weighted by atomic mass is 16.5. The van der Waals surface area contributed by atoms with E-state index in [-0.39, 0.29) is 17.9 Å². The van der Waals surface area contributed by atoms with Crippen molar-refractivity contribution in [3.63, 3.8) is 0 Å². The average Bonchev–Trinajstić information content (AvgIpc) is 2.95. The third-order valence-corrected chi connectivity index (χ3v) is 3.61. The van der Waals surface area contributed by atoms with Gasteiger partial charge in [0.25, 0.3) is 0 Å². The Labute approximate surface area is 124 Å². The predicted octanol–water partition coefficient (Wildman–Crippen LogP) is 0.329. The van der Waals surface area contributed by atoms with Crippen LogP contribution in [0, 0.1) is 5.92 Å². The first-order valence-electron chi connectivity index (χ1n) is 6.84. The van der Waals surface area contributed by atoms with E-state index in [0.29, 0.717) is 24.8 Å². The molecule has 1 amide bonds. The largest absolute Gasteiger partial charge is 0.479 e. The van der Waals surface area contributed by atoms with Crippen molar-refractivity contribution in [3.8, 4) is 5.88 Å². The van der Waals surface area contributed by atoms with Crippen LogP contribution >= 0.6 is 0 Å². The molecule has 2 unspecified atom stereocenters. The molecule has 2 N–H and O–H groups in total. The molecule has 1 saturated heterocycles. The molecule has 116 valence electrons. The number of carbonyl (C=O) groups excluding carboxylic acids is 1. The lowest BCUT2D eigenvalue weighted by Gasteiger charge is -2.21. The van der Waals surface area contributed by atoms with Crippen molar-refractivity contribution in [1.82, 2.24) is 10.3 Å². The van der Waals surface area contributed by atoms with Crippen molar-refractivity contribution in [2.24, 2.45) is 5.92 Å². The fraction of sp³-hybridized carbons (Fsp3) is 0.571. The van der Waals surface area contributed by atoms with Crippen LogP contribution in [0.4, 0.5) is 11.4 Å². The van der Waals surface area contributed by atoms with Gasteiger partial charge in [0, 0.05) is 26.3 Å². The number of nitrogens with one attached hydrogen (secondary N) is 2. The smallest absolute Gasteiger partial charge is 0.239 e. The van der Waals surface area contributed by atoms with E-state index in [1.165, 1.54) is 7.11 Å². The number of rotatable bonds is 5. The molecule has 1 fully saturated rings. The van der Waals surface area contributed by atoms with E-state index in [0.717, 1.165) is 5.69 Å². The molecule has 0 saturated carbocycles. The number of anilines is 2. The number of ether oxygens (including phenoxy) is 2. The third-order valence-electron chi connectivity index (χ3n) is 3.61. The standard InChI is InChI=1S/C14H22N4O3/c1-15-10-8-21-7-9(10)13(19)17-12-11(18(2)3)5-6-16-14(12)20-4/h5-6,9-10,15H,7-8H2,1-4H3,(H,17,19). The van der Waals surface area contributed by atoms with Gasteiger partial charge in [0.05, 0.1) is 31.9 Å². The number of likely N-dealkylation sites (N-methyl/N-ethyl adjacent to an activating group) is 1. The Kier molecular flexibility index (Phi) is 4.98. The number of hydrogen-bond acceptors (Lipinski definition) is 6. The Morgan fingerprint density at radius 3 is 2.86 bits per heavy atom. The quantitative estimate of drug-likeness (QED) is 0.815. The average molecular weight is 294 g/mol. The van der Waals surface area contributed by atoms with Gasteiger partial charge in [-0.1, -0.05) is 0 Å². The molecule has 1 aromatic heterocycles. The second-order valence-electron chi connectivity index (χ2n) is 5.14. The zero-order valence-electron chi connectivity index (χ0n) is 12.8. The molecule has 0 radical (unpaired) electrons. The van der Waals surface area contributed by atoms with Crippen molar-refractivity contribution < 1.29 is 14.3 Å². The van der Waals surface area contributed by atoms with E-state index >= 15 is 0 Å². The first-order valence-corrected chi connectivity index (χ1v) is 6.84. The molecule has 0 spiro atoms. The molecule has 0 aromatic carbocycles. The summed E-state index contributed by atoms with van der Waals surface area (Å²) in [5, 5.41) is 6.03. The Hall–Kier alpha value is -1.86. The highest BCUT2D eigenvalue weighted by Gasteiger charge is 2.33. The Bertz CT molecular complexity index is 507. The SMILES string of the molecule is CNC1COCC1C(=O)Nc1c(N(C)C)ccnc1OC. The van der Waals surface area contributed by atoms with E-state index in [9.17, 15) is 4.79 Å². The van der Waals surface area contributed by atoms with E-state index in [1.54, 1.807) is 6.20 Å². The minimum atomic E-state index is -0.227. The molecule has 2 atom stereocenters. The molecular weight excluding hydrogens is 272 g/mol. The van der Waals surface area contributed by atoms with E-state index in [2.05, 4.69) is 15.6 Å². The fourth-order valence-electron chi connectivity index (χ4n) is 2.39. The zero-order chi connectivity index (χ0) is 15.4. The molecule has 0 bridgehead atoms. The highest BCUT2D eigenvalue weighted by molar-refractivity contribution is 5.97. The summed E-state index contributed by atoms with van der Waals surface area (Å²) in [5.74, 6) is 0.0747. The van der Waals surface area contributed by atoms with Gasteiger partial charge in [0.1, 0.15) is 5.69 Å². The molecule has 1 aliphatic rings.